The van der Waals surface area contributed by atoms with Crippen LogP contribution in [0.1, 0.15) is 12.8 Å². The number of amides is 1. The van der Waals surface area contributed by atoms with Gasteiger partial charge in [-0.05, 0) is 40.9 Å². The van der Waals surface area contributed by atoms with Gasteiger partial charge in [-0.3, -0.25) is 9.59 Å². The van der Waals surface area contributed by atoms with Gasteiger partial charge in [0.15, 0.2) is 0 Å². The van der Waals surface area contributed by atoms with E-state index in [1.165, 1.54) is 28.1 Å². The Morgan fingerprint density at radius 2 is 2.19 bits per heavy atom. The van der Waals surface area contributed by atoms with E-state index in [0.29, 0.717) is 22.5 Å². The average molecular weight is 435 g/mol. The number of fused-ring (bicyclic) bond motifs is 1. The van der Waals surface area contributed by atoms with Gasteiger partial charge in [0.2, 0.25) is 16.0 Å². The van der Waals surface area contributed by atoms with Crippen molar-refractivity contribution in [3.8, 4) is 0 Å². The van der Waals surface area contributed by atoms with Crippen molar-refractivity contribution in [3.05, 3.63) is 45.4 Å². The standard InChI is InChI=1S/C16H15BrN6O2S/c17-11-3-4-12(19-8-11)20-14(25)10-2-1-7-22(9-10)16-21-23-13(24)5-6-18-15(23)26-16/h3-6,8,10H,1-2,7,9H2,(H,19,20,25). The average Bonchev–Trinajstić information content (AvgIpc) is 3.09. The summed E-state index contributed by atoms with van der Waals surface area (Å²) in [6, 6.07) is 4.98. The van der Waals surface area contributed by atoms with E-state index in [1.807, 2.05) is 11.0 Å². The van der Waals surface area contributed by atoms with E-state index >= 15 is 0 Å². The highest BCUT2D eigenvalue weighted by atomic mass is 79.9. The van der Waals surface area contributed by atoms with Crippen molar-refractivity contribution in [1.82, 2.24) is 19.6 Å². The van der Waals surface area contributed by atoms with Crippen LogP contribution < -0.4 is 15.8 Å². The molecule has 0 aromatic carbocycles. The molecule has 3 aromatic rings. The minimum Gasteiger partial charge on any atom is -0.346 e. The van der Waals surface area contributed by atoms with Crippen molar-refractivity contribution in [2.45, 2.75) is 12.8 Å². The summed E-state index contributed by atoms with van der Waals surface area (Å²) in [5.74, 6) is 0.317. The van der Waals surface area contributed by atoms with Crippen LogP contribution in [-0.2, 0) is 4.79 Å². The van der Waals surface area contributed by atoms with Crippen LogP contribution in [0.2, 0.25) is 0 Å². The lowest BCUT2D eigenvalue weighted by Crippen LogP contribution is -2.41. The van der Waals surface area contributed by atoms with Crippen LogP contribution in [0.25, 0.3) is 4.96 Å². The molecule has 0 bridgehead atoms. The van der Waals surface area contributed by atoms with Gasteiger partial charge in [-0.2, -0.15) is 4.52 Å². The van der Waals surface area contributed by atoms with E-state index < -0.39 is 0 Å². The molecule has 1 aliphatic heterocycles. The second kappa shape index (κ2) is 7.12. The number of piperidine rings is 1. The minimum atomic E-state index is -0.204. The lowest BCUT2D eigenvalue weighted by Gasteiger charge is -2.31. The van der Waals surface area contributed by atoms with Crippen LogP contribution in [0.3, 0.4) is 0 Å². The number of nitrogens with zero attached hydrogens (tertiary/aromatic N) is 5. The maximum Gasteiger partial charge on any atom is 0.275 e. The molecule has 3 aromatic heterocycles. The van der Waals surface area contributed by atoms with Gasteiger partial charge in [-0.15, -0.1) is 5.10 Å². The number of pyridine rings is 1. The van der Waals surface area contributed by atoms with E-state index in [1.54, 1.807) is 12.3 Å². The van der Waals surface area contributed by atoms with Crippen molar-refractivity contribution >= 4 is 49.1 Å². The Morgan fingerprint density at radius 3 is 2.96 bits per heavy atom. The SMILES string of the molecule is O=C(Nc1ccc(Br)cn1)C1CCCN(c2nn3c(=O)ccnc3s2)C1. The maximum absolute atomic E-state index is 12.6. The Bertz CT molecular complexity index is 1000. The first-order valence-electron chi connectivity index (χ1n) is 8.12. The quantitative estimate of drug-likeness (QED) is 0.678. The molecule has 1 aliphatic rings. The van der Waals surface area contributed by atoms with E-state index in [2.05, 4.69) is 36.3 Å². The third-order valence-corrected chi connectivity index (χ3v) is 5.65. The highest BCUT2D eigenvalue weighted by Crippen LogP contribution is 2.27. The van der Waals surface area contributed by atoms with E-state index in [-0.39, 0.29) is 17.4 Å². The summed E-state index contributed by atoms with van der Waals surface area (Å²) in [6.45, 7) is 1.35. The first kappa shape index (κ1) is 17.1. The van der Waals surface area contributed by atoms with Crippen molar-refractivity contribution in [1.29, 1.82) is 0 Å². The van der Waals surface area contributed by atoms with Crippen LogP contribution in [-0.4, -0.2) is 38.6 Å². The van der Waals surface area contributed by atoms with Gasteiger partial charge in [0.1, 0.15) is 5.82 Å². The summed E-state index contributed by atoms with van der Waals surface area (Å²) < 4.78 is 2.16. The fraction of sp³-hybridized carbons (Fsp3) is 0.312. The monoisotopic (exact) mass is 434 g/mol. The molecule has 4 rings (SSSR count). The molecule has 134 valence electrons. The third-order valence-electron chi connectivity index (χ3n) is 4.20. The zero-order valence-corrected chi connectivity index (χ0v) is 16.0. The number of carbonyl (C=O) groups is 1. The molecule has 0 spiro atoms. The highest BCUT2D eigenvalue weighted by Gasteiger charge is 2.28. The number of hydrogen-bond acceptors (Lipinski definition) is 7. The number of rotatable bonds is 3. The van der Waals surface area contributed by atoms with Crippen LogP contribution in [0, 0.1) is 5.92 Å². The third kappa shape index (κ3) is 3.47. The number of halogens is 1. The highest BCUT2D eigenvalue weighted by molar-refractivity contribution is 9.10. The number of aromatic nitrogens is 4. The molecule has 1 atom stereocenters. The summed E-state index contributed by atoms with van der Waals surface area (Å²) in [7, 11) is 0. The summed E-state index contributed by atoms with van der Waals surface area (Å²) in [5.41, 5.74) is -0.204. The Hall–Kier alpha value is -2.33. The molecule has 4 heterocycles. The van der Waals surface area contributed by atoms with Gasteiger partial charge >= 0.3 is 0 Å². The molecule has 26 heavy (non-hydrogen) atoms. The summed E-state index contributed by atoms with van der Waals surface area (Å²) in [6.07, 6.45) is 4.82. The molecular formula is C16H15BrN6O2S. The maximum atomic E-state index is 12.6. The predicted molar refractivity (Wildman–Crippen MR) is 103 cm³/mol. The Morgan fingerprint density at radius 1 is 1.31 bits per heavy atom. The number of nitrogens with one attached hydrogen (secondary N) is 1. The Kier molecular flexibility index (Phi) is 4.68. The fourth-order valence-corrected chi connectivity index (χ4v) is 4.05. The Labute approximate surface area is 161 Å². The molecule has 0 radical (unpaired) electrons. The second-order valence-electron chi connectivity index (χ2n) is 6.00. The molecular weight excluding hydrogens is 420 g/mol. The van der Waals surface area contributed by atoms with Crippen molar-refractivity contribution < 1.29 is 4.79 Å². The summed E-state index contributed by atoms with van der Waals surface area (Å²) in [4.78, 5) is 35.4. The van der Waals surface area contributed by atoms with Gasteiger partial charge in [-0.1, -0.05) is 11.3 Å². The Balaban J connectivity index is 1.49. The van der Waals surface area contributed by atoms with Crippen LogP contribution >= 0.6 is 27.3 Å². The fourth-order valence-electron chi connectivity index (χ4n) is 2.90. The van der Waals surface area contributed by atoms with Gasteiger partial charge in [0.05, 0.1) is 5.92 Å². The van der Waals surface area contributed by atoms with Crippen LogP contribution in [0.5, 0.6) is 0 Å². The summed E-state index contributed by atoms with van der Waals surface area (Å²) in [5, 5.41) is 7.93. The molecule has 1 amide bonds. The van der Waals surface area contributed by atoms with Crippen LogP contribution in [0.15, 0.2) is 39.9 Å². The lowest BCUT2D eigenvalue weighted by molar-refractivity contribution is -0.120. The smallest absolute Gasteiger partial charge is 0.275 e. The van der Waals surface area contributed by atoms with E-state index in [9.17, 15) is 9.59 Å². The lowest BCUT2D eigenvalue weighted by atomic mass is 9.97. The first-order chi connectivity index (χ1) is 12.6. The van der Waals surface area contributed by atoms with Crippen molar-refractivity contribution in [2.24, 2.45) is 5.92 Å². The molecule has 0 aliphatic carbocycles. The number of anilines is 2. The van der Waals surface area contributed by atoms with Gasteiger partial charge in [-0.25, -0.2) is 9.97 Å². The van der Waals surface area contributed by atoms with Gasteiger partial charge in [0.25, 0.3) is 5.56 Å². The van der Waals surface area contributed by atoms with Crippen molar-refractivity contribution in [3.63, 3.8) is 0 Å². The molecule has 1 N–H and O–H groups in total. The second-order valence-corrected chi connectivity index (χ2v) is 7.85. The topological polar surface area (TPSA) is 92.5 Å². The molecule has 1 saturated heterocycles. The molecule has 8 nitrogen and oxygen atoms in total. The summed E-state index contributed by atoms with van der Waals surface area (Å²) >= 11 is 4.68. The van der Waals surface area contributed by atoms with Gasteiger partial charge < -0.3 is 10.2 Å². The zero-order chi connectivity index (χ0) is 18.1. The number of hydrogen-bond donors (Lipinski definition) is 1. The van der Waals surface area contributed by atoms with Crippen molar-refractivity contribution in [2.75, 3.05) is 23.3 Å². The normalized spacial score (nSPS) is 17.4. The molecule has 1 unspecified atom stereocenters. The predicted octanol–water partition coefficient (Wildman–Crippen LogP) is 2.16. The largest absolute Gasteiger partial charge is 0.346 e. The number of carbonyl (C=O) groups excluding carboxylic acids is 1. The molecule has 0 saturated carbocycles. The zero-order valence-electron chi connectivity index (χ0n) is 13.6. The first-order valence-corrected chi connectivity index (χ1v) is 9.73. The van der Waals surface area contributed by atoms with E-state index in [0.717, 1.165) is 23.9 Å². The van der Waals surface area contributed by atoms with Crippen LogP contribution in [0.4, 0.5) is 10.9 Å². The van der Waals surface area contributed by atoms with Gasteiger partial charge in [0, 0.05) is 36.0 Å². The molecule has 1 fully saturated rings. The molecule has 10 heteroatoms. The van der Waals surface area contributed by atoms with E-state index in [4.69, 9.17) is 0 Å². The minimum absolute atomic E-state index is 0.0547.